The Balaban J connectivity index is 2.13. The molecule has 1 saturated carbocycles. The summed E-state index contributed by atoms with van der Waals surface area (Å²) in [4.78, 5) is 20.3. The fourth-order valence-electron chi connectivity index (χ4n) is 2.03. The van der Waals surface area contributed by atoms with Crippen LogP contribution < -0.4 is 0 Å². The third kappa shape index (κ3) is 3.41. The molecule has 2 rings (SSSR count). The van der Waals surface area contributed by atoms with Crippen LogP contribution in [0, 0.1) is 26.1 Å². The van der Waals surface area contributed by atoms with Crippen LogP contribution in [-0.4, -0.2) is 15.2 Å². The number of non-ortho nitro benzene ring substituents is 1. The minimum Gasteiger partial charge on any atom is -0.258 e. The molecule has 0 heterocycles. The van der Waals surface area contributed by atoms with Crippen molar-refractivity contribution in [3.63, 3.8) is 0 Å². The second kappa shape index (κ2) is 5.52. The molecule has 1 atom stereocenters. The lowest BCUT2D eigenvalue weighted by molar-refractivity contribution is -0.394. The van der Waals surface area contributed by atoms with Crippen LogP contribution in [0.2, 0.25) is 0 Å². The van der Waals surface area contributed by atoms with Gasteiger partial charge in [-0.3, -0.25) is 20.2 Å². The number of nitro groups is 2. The van der Waals surface area contributed by atoms with Crippen LogP contribution in [0.1, 0.15) is 24.8 Å². The van der Waals surface area contributed by atoms with Gasteiger partial charge in [-0.05, 0) is 37.7 Å². The van der Waals surface area contributed by atoms with E-state index in [1.807, 2.05) is 0 Å². The van der Waals surface area contributed by atoms with E-state index < -0.39 is 9.85 Å². The van der Waals surface area contributed by atoms with Crippen molar-refractivity contribution in [3.05, 3.63) is 44.0 Å². The molecule has 1 aromatic rings. The highest BCUT2D eigenvalue weighted by atomic mass is 35.5. The molecule has 0 aliphatic heterocycles. The summed E-state index contributed by atoms with van der Waals surface area (Å²) in [6.45, 7) is 0. The van der Waals surface area contributed by atoms with Gasteiger partial charge in [0.2, 0.25) is 0 Å². The van der Waals surface area contributed by atoms with E-state index in [2.05, 4.69) is 0 Å². The van der Waals surface area contributed by atoms with Crippen LogP contribution >= 0.6 is 11.6 Å². The van der Waals surface area contributed by atoms with Crippen LogP contribution in [0.25, 0.3) is 0 Å². The van der Waals surface area contributed by atoms with Gasteiger partial charge in [0.25, 0.3) is 11.4 Å². The average molecular weight is 285 g/mol. The molecule has 1 aromatic carbocycles. The minimum absolute atomic E-state index is 0.0368. The Hall–Kier alpha value is -1.69. The number of nitrogens with zero attached hydrogens (tertiary/aromatic N) is 2. The Labute approximate surface area is 114 Å². The van der Waals surface area contributed by atoms with Crippen LogP contribution in [0.15, 0.2) is 18.2 Å². The van der Waals surface area contributed by atoms with Gasteiger partial charge >= 0.3 is 0 Å². The quantitative estimate of drug-likeness (QED) is 0.455. The van der Waals surface area contributed by atoms with E-state index in [9.17, 15) is 20.2 Å². The number of hydrogen-bond acceptors (Lipinski definition) is 4. The molecule has 0 N–H and O–H groups in total. The molecule has 7 heteroatoms. The largest absolute Gasteiger partial charge is 0.279 e. The molecule has 0 aromatic heterocycles. The van der Waals surface area contributed by atoms with E-state index in [-0.39, 0.29) is 16.8 Å². The van der Waals surface area contributed by atoms with Crippen molar-refractivity contribution in [2.75, 3.05) is 0 Å². The molecule has 1 aliphatic rings. The van der Waals surface area contributed by atoms with E-state index >= 15 is 0 Å². The van der Waals surface area contributed by atoms with Crippen molar-refractivity contribution in [2.45, 2.75) is 31.1 Å². The van der Waals surface area contributed by atoms with Gasteiger partial charge in [0.1, 0.15) is 0 Å². The Kier molecular flexibility index (Phi) is 3.99. The van der Waals surface area contributed by atoms with Crippen LogP contribution in [-0.2, 0) is 6.42 Å². The molecule has 0 radical (unpaired) electrons. The van der Waals surface area contributed by atoms with Crippen molar-refractivity contribution in [1.29, 1.82) is 0 Å². The number of rotatable bonds is 6. The zero-order valence-corrected chi connectivity index (χ0v) is 10.9. The van der Waals surface area contributed by atoms with Crippen LogP contribution in [0.4, 0.5) is 11.4 Å². The van der Waals surface area contributed by atoms with E-state index in [0.29, 0.717) is 24.3 Å². The van der Waals surface area contributed by atoms with Gasteiger partial charge in [-0.25, -0.2) is 0 Å². The van der Waals surface area contributed by atoms with Gasteiger partial charge in [0.15, 0.2) is 0 Å². The third-order valence-electron chi connectivity index (χ3n) is 3.30. The SMILES string of the molecule is O=[N+]([O-])c1ccc(CCC(Cl)C2CC2)c([N+](=O)[O-])c1. The van der Waals surface area contributed by atoms with Gasteiger partial charge in [0.05, 0.1) is 15.9 Å². The topological polar surface area (TPSA) is 86.3 Å². The highest BCUT2D eigenvalue weighted by Gasteiger charge is 2.30. The number of aryl methyl sites for hydroxylation is 1. The van der Waals surface area contributed by atoms with Gasteiger partial charge in [-0.15, -0.1) is 11.6 Å². The summed E-state index contributed by atoms with van der Waals surface area (Å²) < 4.78 is 0. The molecule has 1 unspecified atom stereocenters. The first-order valence-electron chi connectivity index (χ1n) is 6.05. The monoisotopic (exact) mass is 284 g/mol. The summed E-state index contributed by atoms with van der Waals surface area (Å²) in [5, 5.41) is 21.6. The maximum absolute atomic E-state index is 10.9. The molecule has 19 heavy (non-hydrogen) atoms. The highest BCUT2D eigenvalue weighted by molar-refractivity contribution is 6.20. The minimum atomic E-state index is -0.634. The molecule has 0 saturated heterocycles. The van der Waals surface area contributed by atoms with Gasteiger partial charge < -0.3 is 0 Å². The third-order valence-corrected chi connectivity index (χ3v) is 3.87. The number of benzene rings is 1. The molecule has 0 amide bonds. The van der Waals surface area contributed by atoms with Crippen molar-refractivity contribution >= 4 is 23.0 Å². The lowest BCUT2D eigenvalue weighted by Crippen LogP contribution is -2.05. The normalized spacial score (nSPS) is 16.1. The molecule has 0 bridgehead atoms. The Morgan fingerprint density at radius 3 is 2.47 bits per heavy atom. The summed E-state index contributed by atoms with van der Waals surface area (Å²) in [7, 11) is 0. The van der Waals surface area contributed by atoms with Gasteiger partial charge in [0, 0.05) is 17.0 Å². The Morgan fingerprint density at radius 1 is 1.26 bits per heavy atom. The molecule has 6 nitrogen and oxygen atoms in total. The van der Waals surface area contributed by atoms with Crippen molar-refractivity contribution in [2.24, 2.45) is 5.92 Å². The average Bonchev–Trinajstić information content (AvgIpc) is 3.19. The number of nitro benzene ring substituents is 2. The second-order valence-electron chi connectivity index (χ2n) is 4.72. The van der Waals surface area contributed by atoms with E-state index in [4.69, 9.17) is 11.6 Å². The van der Waals surface area contributed by atoms with Gasteiger partial charge in [-0.2, -0.15) is 0 Å². The highest BCUT2D eigenvalue weighted by Crippen LogP contribution is 2.38. The number of halogens is 1. The van der Waals surface area contributed by atoms with E-state index in [0.717, 1.165) is 18.9 Å². The Morgan fingerprint density at radius 2 is 1.95 bits per heavy atom. The zero-order chi connectivity index (χ0) is 14.0. The zero-order valence-electron chi connectivity index (χ0n) is 10.1. The summed E-state index contributed by atoms with van der Waals surface area (Å²) in [6.07, 6.45) is 3.37. The summed E-state index contributed by atoms with van der Waals surface area (Å²) in [6, 6.07) is 3.76. The predicted octanol–water partition coefficient (Wildman–Crippen LogP) is 3.45. The fraction of sp³-hybridized carbons (Fsp3) is 0.500. The maximum Gasteiger partial charge on any atom is 0.279 e. The molecule has 102 valence electrons. The first-order chi connectivity index (χ1) is 8.99. The van der Waals surface area contributed by atoms with Gasteiger partial charge in [-0.1, -0.05) is 0 Å². The predicted molar refractivity (Wildman–Crippen MR) is 70.4 cm³/mol. The fourth-order valence-corrected chi connectivity index (χ4v) is 2.40. The van der Waals surface area contributed by atoms with E-state index in [1.165, 1.54) is 12.1 Å². The van der Waals surface area contributed by atoms with Crippen molar-refractivity contribution in [1.82, 2.24) is 0 Å². The molecule has 0 spiro atoms. The molecule has 1 fully saturated rings. The summed E-state index contributed by atoms with van der Waals surface area (Å²) in [5.74, 6) is 0.527. The smallest absolute Gasteiger partial charge is 0.258 e. The van der Waals surface area contributed by atoms with E-state index in [1.54, 1.807) is 0 Å². The van der Waals surface area contributed by atoms with Crippen LogP contribution in [0.3, 0.4) is 0 Å². The first-order valence-corrected chi connectivity index (χ1v) is 6.48. The first kappa shape index (κ1) is 13.7. The maximum atomic E-state index is 10.9. The number of hydrogen-bond donors (Lipinski definition) is 0. The van der Waals surface area contributed by atoms with Crippen LogP contribution in [0.5, 0.6) is 0 Å². The van der Waals surface area contributed by atoms with Crippen molar-refractivity contribution in [3.8, 4) is 0 Å². The summed E-state index contributed by atoms with van der Waals surface area (Å²) in [5.41, 5.74) is 0.0378. The lowest BCUT2D eigenvalue weighted by atomic mass is 10.0. The number of alkyl halides is 1. The van der Waals surface area contributed by atoms with Crippen molar-refractivity contribution < 1.29 is 9.85 Å². The standard InChI is InChI=1S/C12H13ClN2O4/c13-11(8-1-2-8)6-4-9-3-5-10(14(16)17)7-12(9)15(18)19/h3,5,7-8,11H,1-2,4,6H2. The second-order valence-corrected chi connectivity index (χ2v) is 5.28. The Bertz CT molecular complexity index is 516. The lowest BCUT2D eigenvalue weighted by Gasteiger charge is -2.07. The molecule has 1 aliphatic carbocycles. The molecular weight excluding hydrogens is 272 g/mol. The summed E-state index contributed by atoms with van der Waals surface area (Å²) >= 11 is 6.16. The molecular formula is C12H13ClN2O4.